The van der Waals surface area contributed by atoms with Crippen LogP contribution in [0.15, 0.2) is 30.3 Å². The van der Waals surface area contributed by atoms with Gasteiger partial charge in [0.05, 0.1) is 16.9 Å². The van der Waals surface area contributed by atoms with Crippen molar-refractivity contribution in [1.29, 1.82) is 0 Å². The summed E-state index contributed by atoms with van der Waals surface area (Å²) in [4.78, 5) is 12.8. The molecular weight excluding hydrogens is 328 g/mol. The Morgan fingerprint density at radius 3 is 2.89 bits per heavy atom. The van der Waals surface area contributed by atoms with Gasteiger partial charge in [-0.1, -0.05) is 34.1 Å². The number of alkyl halides is 1. The molecule has 2 N–H and O–H groups in total. The first-order valence-corrected chi connectivity index (χ1v) is 7.22. The maximum absolute atomic E-state index is 12.5. The minimum atomic E-state index is -0.129. The van der Waals surface area contributed by atoms with E-state index in [2.05, 4.69) is 26.3 Å². The Balaban J connectivity index is 2.07. The van der Waals surface area contributed by atoms with Crippen LogP contribution < -0.4 is 10.00 Å². The smallest absolute Gasteiger partial charge is 0.274 e. The van der Waals surface area contributed by atoms with Gasteiger partial charge < -0.3 is 0 Å². The molecule has 5 nitrogen and oxygen atoms in total. The van der Waals surface area contributed by atoms with E-state index >= 15 is 0 Å². The van der Waals surface area contributed by atoms with E-state index in [0.717, 1.165) is 13.1 Å². The lowest BCUT2D eigenvalue weighted by atomic mass is 10.2. The molecule has 0 aliphatic carbocycles. The summed E-state index contributed by atoms with van der Waals surface area (Å²) in [6.45, 7) is 1.51. The summed E-state index contributed by atoms with van der Waals surface area (Å²) in [6.07, 6.45) is 0. The number of anilines is 1. The summed E-state index contributed by atoms with van der Waals surface area (Å²) < 4.78 is 3.76. The van der Waals surface area contributed by atoms with Crippen LogP contribution in [0, 0.1) is 4.77 Å². The quantitative estimate of drug-likeness (QED) is 0.472. The molecule has 0 saturated heterocycles. The molecule has 98 valence electrons. The van der Waals surface area contributed by atoms with Crippen LogP contribution in [-0.2, 0) is 6.54 Å². The number of aromatic nitrogens is 3. The third-order valence-electron chi connectivity index (χ3n) is 2.99. The number of halogens is 1. The number of hydrogen-bond donors (Lipinski definition) is 2. The second-order valence-corrected chi connectivity index (χ2v) is 6.02. The lowest BCUT2D eigenvalue weighted by molar-refractivity contribution is -0.740. The molecule has 1 aliphatic rings. The predicted molar refractivity (Wildman–Crippen MR) is 77.2 cm³/mol. The van der Waals surface area contributed by atoms with Gasteiger partial charge in [-0.2, -0.15) is 4.68 Å². The van der Waals surface area contributed by atoms with Crippen LogP contribution in [0.5, 0.6) is 0 Å². The molecular formula is C12H12BrN4OS+. The number of nitrogens with one attached hydrogen (secondary N) is 2. The van der Waals surface area contributed by atoms with Crippen molar-refractivity contribution in [3.63, 3.8) is 0 Å². The Labute approximate surface area is 123 Å². The molecule has 1 aliphatic heterocycles. The largest absolute Gasteiger partial charge is 0.385 e. The summed E-state index contributed by atoms with van der Waals surface area (Å²) in [7, 11) is 0. The second-order valence-electron chi connectivity index (χ2n) is 4.34. The minimum Gasteiger partial charge on any atom is -0.274 e. The lowest BCUT2D eigenvalue weighted by Gasteiger charge is -2.14. The number of aromatic amines is 1. The number of nitrogens with zero attached hydrogens (tertiary/aromatic N) is 2. The molecule has 0 amide bonds. The SMILES string of the molecule is O=C(c1ccccc1)n1c2[n+]([nH]c1=S)CC(Br)CN2. The minimum absolute atomic E-state index is 0.129. The monoisotopic (exact) mass is 339 g/mol. The Hall–Kier alpha value is -1.47. The molecule has 1 atom stereocenters. The Morgan fingerprint density at radius 1 is 1.42 bits per heavy atom. The van der Waals surface area contributed by atoms with Crippen LogP contribution in [0.1, 0.15) is 10.4 Å². The van der Waals surface area contributed by atoms with E-state index in [1.54, 1.807) is 12.1 Å². The van der Waals surface area contributed by atoms with Gasteiger partial charge in [0.1, 0.15) is 6.54 Å². The van der Waals surface area contributed by atoms with Crippen LogP contribution in [-0.4, -0.2) is 26.9 Å². The third kappa shape index (κ3) is 2.23. The van der Waals surface area contributed by atoms with Crippen LogP contribution in [0.3, 0.4) is 0 Å². The normalized spacial score (nSPS) is 17.6. The zero-order valence-electron chi connectivity index (χ0n) is 9.97. The van der Waals surface area contributed by atoms with Gasteiger partial charge in [0.2, 0.25) is 0 Å². The van der Waals surface area contributed by atoms with Crippen LogP contribution >= 0.6 is 28.1 Å². The van der Waals surface area contributed by atoms with E-state index in [4.69, 9.17) is 12.2 Å². The van der Waals surface area contributed by atoms with Crippen LogP contribution in [0.2, 0.25) is 0 Å². The van der Waals surface area contributed by atoms with Crippen LogP contribution in [0.25, 0.3) is 0 Å². The van der Waals surface area contributed by atoms with Crippen molar-refractivity contribution in [2.45, 2.75) is 11.4 Å². The molecule has 2 aromatic rings. The zero-order chi connectivity index (χ0) is 13.4. The number of carbonyl (C=O) groups is 1. The van der Waals surface area contributed by atoms with Crippen molar-refractivity contribution in [1.82, 2.24) is 9.67 Å². The summed E-state index contributed by atoms with van der Waals surface area (Å²) in [5.74, 6) is 0.575. The molecule has 0 saturated carbocycles. The second kappa shape index (κ2) is 4.90. The lowest BCUT2D eigenvalue weighted by Crippen LogP contribution is -2.49. The number of H-pyrrole nitrogens is 1. The van der Waals surface area contributed by atoms with Gasteiger partial charge in [-0.15, -0.1) is 4.57 Å². The number of carbonyl (C=O) groups excluding carboxylic acids is 1. The van der Waals surface area contributed by atoms with Crippen molar-refractivity contribution < 1.29 is 9.48 Å². The van der Waals surface area contributed by atoms with Gasteiger partial charge in [-0.3, -0.25) is 5.32 Å². The first-order valence-electron chi connectivity index (χ1n) is 5.89. The number of rotatable bonds is 1. The molecule has 0 radical (unpaired) electrons. The van der Waals surface area contributed by atoms with Crippen LogP contribution in [0.4, 0.5) is 5.95 Å². The Morgan fingerprint density at radius 2 is 2.16 bits per heavy atom. The van der Waals surface area contributed by atoms with Crippen molar-refractivity contribution in [3.8, 4) is 0 Å². The molecule has 1 unspecified atom stereocenters. The Kier molecular flexibility index (Phi) is 3.24. The van der Waals surface area contributed by atoms with Gasteiger partial charge >= 0.3 is 11.9 Å². The molecule has 1 aromatic carbocycles. The standard InChI is InChI=1S/C12H11BrN4OS/c13-9-6-14-11-16(7-9)15-12(19)17(11)10(18)8-4-2-1-3-5-8/h1-5,9H,6-7H2,(H,15,19)/p+1. The highest BCUT2D eigenvalue weighted by atomic mass is 79.9. The molecule has 0 spiro atoms. The molecule has 3 rings (SSSR count). The van der Waals surface area contributed by atoms with Crippen molar-refractivity contribution in [3.05, 3.63) is 40.7 Å². The highest BCUT2D eigenvalue weighted by Gasteiger charge is 2.30. The fourth-order valence-corrected chi connectivity index (χ4v) is 2.84. The van der Waals surface area contributed by atoms with E-state index in [1.807, 2.05) is 22.9 Å². The third-order valence-corrected chi connectivity index (χ3v) is 3.87. The highest BCUT2D eigenvalue weighted by molar-refractivity contribution is 9.09. The van der Waals surface area contributed by atoms with Gasteiger partial charge in [-0.05, 0) is 24.4 Å². The first kappa shape index (κ1) is 12.6. The van der Waals surface area contributed by atoms with E-state index in [-0.39, 0.29) is 5.91 Å². The summed E-state index contributed by atoms with van der Waals surface area (Å²) in [5, 5.41) is 6.24. The van der Waals surface area contributed by atoms with Gasteiger partial charge in [-0.25, -0.2) is 9.89 Å². The zero-order valence-corrected chi connectivity index (χ0v) is 12.4. The average molecular weight is 340 g/mol. The molecule has 19 heavy (non-hydrogen) atoms. The van der Waals surface area contributed by atoms with E-state index in [0.29, 0.717) is 21.1 Å². The van der Waals surface area contributed by atoms with Crippen molar-refractivity contribution >= 4 is 40.0 Å². The van der Waals surface area contributed by atoms with Gasteiger partial charge in [0.15, 0.2) is 0 Å². The van der Waals surface area contributed by atoms with Gasteiger partial charge in [0, 0.05) is 0 Å². The Bertz CT molecular complexity index is 679. The molecule has 0 bridgehead atoms. The topological polar surface area (TPSA) is 53.7 Å². The summed E-state index contributed by atoms with van der Waals surface area (Å²) in [5.41, 5.74) is 0.615. The fourth-order valence-electron chi connectivity index (χ4n) is 2.10. The molecule has 1 aromatic heterocycles. The first-order chi connectivity index (χ1) is 9.16. The van der Waals surface area contributed by atoms with Gasteiger partial charge in [0.25, 0.3) is 4.77 Å². The van der Waals surface area contributed by atoms with E-state index in [1.165, 1.54) is 4.57 Å². The maximum Gasteiger partial charge on any atom is 0.385 e. The van der Waals surface area contributed by atoms with Crippen molar-refractivity contribution in [2.24, 2.45) is 0 Å². The number of fused-ring (bicyclic) bond motifs is 1. The van der Waals surface area contributed by atoms with E-state index in [9.17, 15) is 4.79 Å². The molecule has 0 fully saturated rings. The van der Waals surface area contributed by atoms with E-state index < -0.39 is 0 Å². The molecule has 7 heteroatoms. The van der Waals surface area contributed by atoms with Crippen molar-refractivity contribution in [2.75, 3.05) is 11.9 Å². The highest BCUT2D eigenvalue weighted by Crippen LogP contribution is 2.14. The number of hydrogen-bond acceptors (Lipinski definition) is 3. The summed E-state index contributed by atoms with van der Waals surface area (Å²) in [6, 6.07) is 9.12. The maximum atomic E-state index is 12.5. The summed E-state index contributed by atoms with van der Waals surface area (Å²) >= 11 is 8.79. The molecule has 2 heterocycles. The fraction of sp³-hybridized carbons (Fsp3) is 0.250. The predicted octanol–water partition coefficient (Wildman–Crippen LogP) is 1.71. The number of benzene rings is 1. The average Bonchev–Trinajstić information content (AvgIpc) is 2.74.